The summed E-state index contributed by atoms with van der Waals surface area (Å²) >= 11 is 0. The van der Waals surface area contributed by atoms with Gasteiger partial charge < -0.3 is 15.2 Å². The van der Waals surface area contributed by atoms with Crippen LogP contribution in [0.15, 0.2) is 12.1 Å². The fourth-order valence-corrected chi connectivity index (χ4v) is 3.09. The van der Waals surface area contributed by atoms with E-state index in [0.29, 0.717) is 0 Å². The molecule has 3 nitrogen and oxygen atoms in total. The van der Waals surface area contributed by atoms with Gasteiger partial charge >= 0.3 is 7.12 Å². The van der Waals surface area contributed by atoms with Crippen molar-refractivity contribution in [3.05, 3.63) is 17.7 Å². The van der Waals surface area contributed by atoms with Gasteiger partial charge in [0.05, 0.1) is 8.07 Å². The Morgan fingerprint density at radius 2 is 1.67 bits per heavy atom. The predicted octanol–water partition coefficient (Wildman–Crippen LogP) is -0.0744. The first-order valence-corrected chi connectivity index (χ1v) is 8.43. The molecule has 0 spiro atoms. The first-order chi connectivity index (χ1) is 6.73. The summed E-state index contributed by atoms with van der Waals surface area (Å²) in [4.78, 5) is 0. The second-order valence-electron chi connectivity index (χ2n) is 4.87. The van der Waals surface area contributed by atoms with Gasteiger partial charge in [-0.05, 0) is 12.1 Å². The number of benzene rings is 1. The summed E-state index contributed by atoms with van der Waals surface area (Å²) in [5, 5.41) is 29.1. The van der Waals surface area contributed by atoms with Crippen LogP contribution in [0.4, 0.5) is 0 Å². The molecule has 15 heavy (non-hydrogen) atoms. The molecule has 0 amide bonds. The molecule has 1 aromatic carbocycles. The van der Waals surface area contributed by atoms with Crippen molar-refractivity contribution in [2.75, 3.05) is 0 Å². The Hall–Kier alpha value is -0.778. The lowest BCUT2D eigenvalue weighted by molar-refractivity contribution is 0.420. The molecule has 5 heteroatoms. The van der Waals surface area contributed by atoms with E-state index in [9.17, 15) is 5.11 Å². The molecule has 0 aliphatic heterocycles. The number of hydrogen-bond acceptors (Lipinski definition) is 3. The summed E-state index contributed by atoms with van der Waals surface area (Å²) in [5.41, 5.74) is 1.14. The molecule has 0 bridgehead atoms. The predicted molar refractivity (Wildman–Crippen MR) is 65.6 cm³/mol. The van der Waals surface area contributed by atoms with E-state index in [2.05, 4.69) is 19.6 Å². The van der Waals surface area contributed by atoms with Gasteiger partial charge in [0.1, 0.15) is 5.75 Å². The summed E-state index contributed by atoms with van der Waals surface area (Å²) < 4.78 is 0. The topological polar surface area (TPSA) is 60.7 Å². The van der Waals surface area contributed by atoms with E-state index in [4.69, 9.17) is 10.0 Å². The Morgan fingerprint density at radius 3 is 2.07 bits per heavy atom. The van der Waals surface area contributed by atoms with E-state index >= 15 is 0 Å². The maximum absolute atomic E-state index is 9.93. The summed E-state index contributed by atoms with van der Waals surface area (Å²) in [6.07, 6.45) is 0. The van der Waals surface area contributed by atoms with E-state index in [1.165, 1.54) is 0 Å². The molecule has 1 aromatic rings. The van der Waals surface area contributed by atoms with Crippen molar-refractivity contribution in [2.45, 2.75) is 26.6 Å². The Kier molecular flexibility index (Phi) is 3.28. The molecule has 0 aliphatic carbocycles. The summed E-state index contributed by atoms with van der Waals surface area (Å²) in [6.45, 7) is 8.20. The highest BCUT2D eigenvalue weighted by atomic mass is 28.3. The van der Waals surface area contributed by atoms with Crippen LogP contribution in [0.2, 0.25) is 19.6 Å². The second-order valence-corrected chi connectivity index (χ2v) is 9.91. The SMILES string of the molecule is Cc1cc(B(O)O)c(O)c([Si](C)(C)C)c1. The van der Waals surface area contributed by atoms with Gasteiger partial charge in [-0.3, -0.25) is 0 Å². The maximum Gasteiger partial charge on any atom is 0.492 e. The normalized spacial score (nSPS) is 11.6. The molecule has 3 N–H and O–H groups in total. The lowest BCUT2D eigenvalue weighted by atomic mass is 9.79. The number of phenols is 1. The van der Waals surface area contributed by atoms with Crippen molar-refractivity contribution in [3.8, 4) is 5.75 Å². The van der Waals surface area contributed by atoms with Crippen molar-refractivity contribution < 1.29 is 15.2 Å². The van der Waals surface area contributed by atoms with Crippen molar-refractivity contribution >= 4 is 25.8 Å². The van der Waals surface area contributed by atoms with Gasteiger partial charge in [-0.1, -0.05) is 37.3 Å². The molecule has 0 unspecified atom stereocenters. The molecule has 0 atom stereocenters. The molecular formula is C10H17BO3Si. The number of hydrogen-bond donors (Lipinski definition) is 3. The number of rotatable bonds is 2. The lowest BCUT2D eigenvalue weighted by Gasteiger charge is -2.21. The van der Waals surface area contributed by atoms with Crippen LogP contribution in [0, 0.1) is 6.92 Å². The minimum Gasteiger partial charge on any atom is -0.508 e. The van der Waals surface area contributed by atoms with Crippen LogP contribution < -0.4 is 10.6 Å². The average Bonchev–Trinajstić information content (AvgIpc) is 2.06. The Bertz CT molecular complexity index is 372. The molecular weight excluding hydrogens is 207 g/mol. The number of phenolic OH excluding ortho intramolecular Hbond substituents is 1. The molecule has 0 radical (unpaired) electrons. The maximum atomic E-state index is 9.93. The van der Waals surface area contributed by atoms with Crippen LogP contribution in [-0.2, 0) is 0 Å². The van der Waals surface area contributed by atoms with Gasteiger partial charge in [0.15, 0.2) is 0 Å². The van der Waals surface area contributed by atoms with E-state index in [1.807, 2.05) is 13.0 Å². The van der Waals surface area contributed by atoms with Gasteiger partial charge in [0.25, 0.3) is 0 Å². The molecule has 0 aliphatic rings. The van der Waals surface area contributed by atoms with Crippen LogP contribution in [0.1, 0.15) is 5.56 Å². The zero-order valence-corrected chi connectivity index (χ0v) is 10.6. The van der Waals surface area contributed by atoms with E-state index in [1.54, 1.807) is 6.07 Å². The third-order valence-corrected chi connectivity index (χ3v) is 4.37. The van der Waals surface area contributed by atoms with Crippen LogP contribution in [0.25, 0.3) is 0 Å². The Morgan fingerprint density at radius 1 is 1.13 bits per heavy atom. The lowest BCUT2D eigenvalue weighted by Crippen LogP contribution is -2.43. The monoisotopic (exact) mass is 224 g/mol. The third kappa shape index (κ3) is 2.62. The zero-order chi connectivity index (χ0) is 11.8. The first kappa shape index (κ1) is 12.3. The fourth-order valence-electron chi connectivity index (χ4n) is 1.58. The smallest absolute Gasteiger partial charge is 0.492 e. The van der Waals surface area contributed by atoms with Crippen LogP contribution >= 0.6 is 0 Å². The minimum absolute atomic E-state index is 0.0368. The van der Waals surface area contributed by atoms with E-state index < -0.39 is 15.2 Å². The van der Waals surface area contributed by atoms with Gasteiger partial charge in [-0.25, -0.2) is 0 Å². The zero-order valence-electron chi connectivity index (χ0n) is 9.57. The van der Waals surface area contributed by atoms with E-state index in [0.717, 1.165) is 10.8 Å². The average molecular weight is 224 g/mol. The second kappa shape index (κ2) is 4.00. The Labute approximate surface area is 91.5 Å². The molecule has 0 saturated carbocycles. The first-order valence-electron chi connectivity index (χ1n) is 4.93. The number of aromatic hydroxyl groups is 1. The summed E-state index contributed by atoms with van der Waals surface area (Å²) in [6, 6.07) is 3.52. The summed E-state index contributed by atoms with van der Waals surface area (Å²) in [5.74, 6) is 0.0368. The van der Waals surface area contributed by atoms with Crippen molar-refractivity contribution in [3.63, 3.8) is 0 Å². The third-order valence-electron chi connectivity index (χ3n) is 2.37. The molecule has 0 saturated heterocycles. The largest absolute Gasteiger partial charge is 0.508 e. The highest BCUT2D eigenvalue weighted by Gasteiger charge is 2.26. The molecule has 82 valence electrons. The van der Waals surface area contributed by atoms with Crippen molar-refractivity contribution in [2.24, 2.45) is 0 Å². The quantitative estimate of drug-likeness (QED) is 0.616. The van der Waals surface area contributed by atoms with Gasteiger partial charge in [0, 0.05) is 5.46 Å². The Balaban J connectivity index is 3.42. The number of aryl methyl sites for hydroxylation is 1. The molecule has 0 aromatic heterocycles. The van der Waals surface area contributed by atoms with Crippen LogP contribution in [-0.4, -0.2) is 30.3 Å². The van der Waals surface area contributed by atoms with Crippen LogP contribution in [0.5, 0.6) is 5.75 Å². The molecule has 1 rings (SSSR count). The highest BCUT2D eigenvalue weighted by molar-refractivity contribution is 6.89. The molecule has 0 heterocycles. The van der Waals surface area contributed by atoms with Gasteiger partial charge in [0.2, 0.25) is 0 Å². The minimum atomic E-state index is -1.66. The standard InChI is InChI=1S/C10H17BO3Si/c1-7-5-8(11(13)14)10(12)9(6-7)15(2,3)4/h5-6,12-14H,1-4H3. The fraction of sp³-hybridized carbons (Fsp3) is 0.400. The van der Waals surface area contributed by atoms with E-state index in [-0.39, 0.29) is 11.2 Å². The van der Waals surface area contributed by atoms with Crippen LogP contribution in [0.3, 0.4) is 0 Å². The van der Waals surface area contributed by atoms with Gasteiger partial charge in [-0.2, -0.15) is 0 Å². The van der Waals surface area contributed by atoms with Gasteiger partial charge in [-0.15, -0.1) is 0 Å². The highest BCUT2D eigenvalue weighted by Crippen LogP contribution is 2.13. The summed E-state index contributed by atoms with van der Waals surface area (Å²) in [7, 11) is -3.27. The van der Waals surface area contributed by atoms with Crippen molar-refractivity contribution in [1.29, 1.82) is 0 Å². The molecule has 0 fully saturated rings. The van der Waals surface area contributed by atoms with Crippen molar-refractivity contribution in [1.82, 2.24) is 0 Å².